The average Bonchev–Trinajstić information content (AvgIpc) is 2.78. The maximum Gasteiger partial charge on any atom is 0.410 e. The summed E-state index contributed by atoms with van der Waals surface area (Å²) in [6.07, 6.45) is -0.762. The van der Waals surface area contributed by atoms with Crippen molar-refractivity contribution in [2.24, 2.45) is 0 Å². The Kier molecular flexibility index (Phi) is 10.2. The number of rotatable bonds is 10. The number of hydrogen-bond acceptors (Lipinski definition) is 6. The molecular weight excluding hydrogens is 424 g/mol. The molecule has 2 amide bonds. The topological polar surface area (TPSA) is 94.2 Å². The number of benzene rings is 2. The van der Waals surface area contributed by atoms with E-state index in [1.807, 2.05) is 60.7 Å². The fourth-order valence-electron chi connectivity index (χ4n) is 2.74. The SMILES string of the molecule is CC(C)(C)OC(=O)N(CCCNC(=O)OCc1ccccc1)CC(=O)OCc1ccccc1. The summed E-state index contributed by atoms with van der Waals surface area (Å²) in [7, 11) is 0. The molecule has 0 heterocycles. The predicted octanol–water partition coefficient (Wildman–Crippen LogP) is 4.28. The van der Waals surface area contributed by atoms with Gasteiger partial charge < -0.3 is 19.5 Å². The van der Waals surface area contributed by atoms with Crippen LogP contribution in [0.25, 0.3) is 0 Å². The Morgan fingerprint density at radius 3 is 1.94 bits per heavy atom. The highest BCUT2D eigenvalue weighted by molar-refractivity contribution is 5.78. The van der Waals surface area contributed by atoms with Crippen molar-refractivity contribution in [3.63, 3.8) is 0 Å². The molecule has 0 fully saturated rings. The summed E-state index contributed by atoms with van der Waals surface area (Å²) in [5, 5.41) is 2.64. The number of carbonyl (C=O) groups excluding carboxylic acids is 3. The Hall–Kier alpha value is -3.55. The molecule has 0 saturated heterocycles. The Balaban J connectivity index is 1.78. The van der Waals surface area contributed by atoms with Gasteiger partial charge in [-0.05, 0) is 38.3 Å². The number of ether oxygens (including phenoxy) is 3. The summed E-state index contributed by atoms with van der Waals surface area (Å²) < 4.78 is 15.8. The van der Waals surface area contributed by atoms with Crippen LogP contribution in [0.1, 0.15) is 38.3 Å². The van der Waals surface area contributed by atoms with Gasteiger partial charge in [-0.2, -0.15) is 0 Å². The second-order valence-electron chi connectivity index (χ2n) is 8.39. The molecule has 2 aromatic carbocycles. The van der Waals surface area contributed by atoms with E-state index in [-0.39, 0.29) is 32.8 Å². The van der Waals surface area contributed by atoms with E-state index >= 15 is 0 Å². The van der Waals surface area contributed by atoms with Crippen molar-refractivity contribution in [3.05, 3.63) is 71.8 Å². The quantitative estimate of drug-likeness (QED) is 0.326. The summed E-state index contributed by atoms with van der Waals surface area (Å²) in [6.45, 7) is 5.77. The molecule has 33 heavy (non-hydrogen) atoms. The molecule has 0 aliphatic carbocycles. The van der Waals surface area contributed by atoms with E-state index in [9.17, 15) is 14.4 Å². The van der Waals surface area contributed by atoms with Crippen LogP contribution in [0.5, 0.6) is 0 Å². The van der Waals surface area contributed by atoms with Crippen molar-refractivity contribution >= 4 is 18.2 Å². The lowest BCUT2D eigenvalue weighted by Crippen LogP contribution is -2.41. The van der Waals surface area contributed by atoms with Crippen molar-refractivity contribution in [2.45, 2.75) is 46.0 Å². The molecule has 0 aliphatic heterocycles. The maximum atomic E-state index is 12.5. The molecule has 2 aromatic rings. The van der Waals surface area contributed by atoms with E-state index in [0.29, 0.717) is 6.42 Å². The van der Waals surface area contributed by atoms with Gasteiger partial charge in [-0.15, -0.1) is 0 Å². The molecule has 0 radical (unpaired) electrons. The second-order valence-corrected chi connectivity index (χ2v) is 8.39. The number of nitrogens with zero attached hydrogens (tertiary/aromatic N) is 1. The minimum atomic E-state index is -0.706. The number of esters is 1. The Labute approximate surface area is 194 Å². The first-order valence-corrected chi connectivity index (χ1v) is 10.8. The summed E-state index contributed by atoms with van der Waals surface area (Å²) in [5.41, 5.74) is 1.04. The number of amides is 2. The molecule has 2 rings (SSSR count). The number of carbonyl (C=O) groups is 3. The zero-order valence-corrected chi connectivity index (χ0v) is 19.4. The van der Waals surface area contributed by atoms with Crippen LogP contribution in [0, 0.1) is 0 Å². The zero-order chi connectivity index (χ0) is 24.1. The van der Waals surface area contributed by atoms with Crippen molar-refractivity contribution in [3.8, 4) is 0 Å². The fourth-order valence-corrected chi connectivity index (χ4v) is 2.74. The lowest BCUT2D eigenvalue weighted by Gasteiger charge is -2.26. The summed E-state index contributed by atoms with van der Waals surface area (Å²) in [5.74, 6) is -0.542. The van der Waals surface area contributed by atoms with Crippen molar-refractivity contribution < 1.29 is 28.6 Å². The Morgan fingerprint density at radius 2 is 1.39 bits per heavy atom. The molecule has 8 nitrogen and oxygen atoms in total. The number of nitrogens with one attached hydrogen (secondary N) is 1. The van der Waals surface area contributed by atoms with Gasteiger partial charge in [0.1, 0.15) is 25.4 Å². The highest BCUT2D eigenvalue weighted by Gasteiger charge is 2.24. The zero-order valence-electron chi connectivity index (χ0n) is 19.4. The predicted molar refractivity (Wildman–Crippen MR) is 123 cm³/mol. The van der Waals surface area contributed by atoms with Crippen LogP contribution in [-0.2, 0) is 32.2 Å². The Morgan fingerprint density at radius 1 is 0.848 bits per heavy atom. The van der Waals surface area contributed by atoms with Gasteiger partial charge in [0.25, 0.3) is 0 Å². The summed E-state index contributed by atoms with van der Waals surface area (Å²) in [4.78, 5) is 38.0. The van der Waals surface area contributed by atoms with E-state index in [2.05, 4.69) is 5.32 Å². The number of hydrogen-bond donors (Lipinski definition) is 1. The third-order valence-corrected chi connectivity index (χ3v) is 4.30. The smallest absolute Gasteiger partial charge is 0.410 e. The van der Waals surface area contributed by atoms with Crippen LogP contribution in [0.2, 0.25) is 0 Å². The van der Waals surface area contributed by atoms with Gasteiger partial charge in [-0.3, -0.25) is 9.69 Å². The minimum Gasteiger partial charge on any atom is -0.459 e. The minimum absolute atomic E-state index is 0.122. The van der Waals surface area contributed by atoms with E-state index in [4.69, 9.17) is 14.2 Å². The molecule has 0 spiro atoms. The lowest BCUT2D eigenvalue weighted by atomic mass is 10.2. The number of alkyl carbamates (subject to hydrolysis) is 1. The van der Waals surface area contributed by atoms with Gasteiger partial charge in [0, 0.05) is 13.1 Å². The normalized spacial score (nSPS) is 10.8. The van der Waals surface area contributed by atoms with E-state index in [1.165, 1.54) is 4.90 Å². The fraction of sp³-hybridized carbons (Fsp3) is 0.400. The van der Waals surface area contributed by atoms with Gasteiger partial charge in [0.15, 0.2) is 0 Å². The van der Waals surface area contributed by atoms with Crippen molar-refractivity contribution in [1.82, 2.24) is 10.2 Å². The largest absolute Gasteiger partial charge is 0.459 e. The third-order valence-electron chi connectivity index (χ3n) is 4.30. The Bertz CT molecular complexity index is 881. The van der Waals surface area contributed by atoms with Crippen LogP contribution in [-0.4, -0.2) is 48.3 Å². The van der Waals surface area contributed by atoms with Gasteiger partial charge in [-0.1, -0.05) is 60.7 Å². The maximum absolute atomic E-state index is 12.5. The molecule has 8 heteroatoms. The van der Waals surface area contributed by atoms with Gasteiger partial charge in [-0.25, -0.2) is 9.59 Å². The highest BCUT2D eigenvalue weighted by atomic mass is 16.6. The highest BCUT2D eigenvalue weighted by Crippen LogP contribution is 2.11. The first-order chi connectivity index (χ1) is 15.7. The molecule has 0 bridgehead atoms. The monoisotopic (exact) mass is 456 g/mol. The van der Waals surface area contributed by atoms with Gasteiger partial charge in [0.2, 0.25) is 0 Å². The summed E-state index contributed by atoms with van der Waals surface area (Å²) >= 11 is 0. The van der Waals surface area contributed by atoms with Crippen LogP contribution >= 0.6 is 0 Å². The molecule has 178 valence electrons. The van der Waals surface area contributed by atoms with E-state index in [0.717, 1.165) is 11.1 Å². The molecule has 0 aromatic heterocycles. The van der Waals surface area contributed by atoms with Gasteiger partial charge >= 0.3 is 18.2 Å². The van der Waals surface area contributed by atoms with E-state index < -0.39 is 23.8 Å². The van der Waals surface area contributed by atoms with Crippen molar-refractivity contribution in [1.29, 1.82) is 0 Å². The van der Waals surface area contributed by atoms with E-state index in [1.54, 1.807) is 20.8 Å². The first-order valence-electron chi connectivity index (χ1n) is 10.8. The molecule has 0 aliphatic rings. The summed E-state index contributed by atoms with van der Waals surface area (Å²) in [6, 6.07) is 18.6. The second kappa shape index (κ2) is 13.1. The molecule has 1 N–H and O–H groups in total. The van der Waals surface area contributed by atoms with Crippen LogP contribution in [0.15, 0.2) is 60.7 Å². The van der Waals surface area contributed by atoms with Crippen LogP contribution < -0.4 is 5.32 Å². The standard InChI is InChI=1S/C25H32N2O6/c1-25(2,3)33-24(30)27(17-22(28)31-18-20-11-6-4-7-12-20)16-10-15-26-23(29)32-19-21-13-8-5-9-14-21/h4-9,11-14H,10,15-19H2,1-3H3,(H,26,29). The van der Waals surface area contributed by atoms with Crippen LogP contribution in [0.3, 0.4) is 0 Å². The molecule has 0 saturated carbocycles. The lowest BCUT2D eigenvalue weighted by molar-refractivity contribution is -0.146. The van der Waals surface area contributed by atoms with Gasteiger partial charge in [0.05, 0.1) is 0 Å². The first kappa shape index (κ1) is 25.7. The van der Waals surface area contributed by atoms with Crippen LogP contribution in [0.4, 0.5) is 9.59 Å². The molecule has 0 atom stereocenters. The third kappa shape index (κ3) is 11.0. The average molecular weight is 457 g/mol. The molecule has 0 unspecified atom stereocenters. The van der Waals surface area contributed by atoms with Crippen molar-refractivity contribution in [2.75, 3.05) is 19.6 Å². The molecular formula is C25H32N2O6.